The standard InChI is InChI=1S/C24H26Si.C6H18NSi2.Y/c1-15-16(2)18(4)23(17(15)3)25(5,6)24-21-13-9-7-11-19(21)20-12-8-10-14-22(20)24;1-8(2,3)7-9(4,5)6;/h7-14H,1-6H3;1-6H3;/q;-1;+3. The molecule has 0 aliphatic heterocycles. The van der Waals surface area contributed by atoms with E-state index >= 15 is 0 Å². The smallest absolute Gasteiger partial charge is 0.668 e. The molecule has 2 fully saturated rings. The van der Waals surface area contributed by atoms with Crippen LogP contribution in [0.2, 0.25) is 52.4 Å². The van der Waals surface area contributed by atoms with Crippen molar-refractivity contribution in [1.29, 1.82) is 0 Å². The molecule has 0 atom stereocenters. The van der Waals surface area contributed by atoms with Crippen LogP contribution in [0.5, 0.6) is 0 Å². The molecule has 35 heavy (non-hydrogen) atoms. The molecule has 0 aromatic heterocycles. The number of fused-ring (bicyclic) bond motifs is 3. The quantitative estimate of drug-likeness (QED) is 0.290. The van der Waals surface area contributed by atoms with E-state index in [2.05, 4.69) is 129 Å². The summed E-state index contributed by atoms with van der Waals surface area (Å²) in [5.41, 5.74) is 3.25. The molecule has 0 aromatic rings. The van der Waals surface area contributed by atoms with Crippen molar-refractivity contribution >= 4 is 24.5 Å². The molecule has 10 radical (unpaired) electrons. The van der Waals surface area contributed by atoms with Crippen molar-refractivity contribution in [1.82, 2.24) is 0 Å². The molecule has 5 heteroatoms. The molecule has 4 aliphatic carbocycles. The molecule has 0 aromatic carbocycles. The van der Waals surface area contributed by atoms with Gasteiger partial charge in [0.05, 0.1) is 8.07 Å². The number of nitrogens with zero attached hydrogens (tertiary/aromatic N) is 1. The zero-order valence-electron chi connectivity index (χ0n) is 24.1. The number of rotatable bonds is 4. The fourth-order valence-electron chi connectivity index (χ4n) is 5.98. The van der Waals surface area contributed by atoms with E-state index in [1.807, 2.05) is 0 Å². The van der Waals surface area contributed by atoms with E-state index in [0.29, 0.717) is 0 Å². The second-order valence-corrected chi connectivity index (χ2v) is 26.2. The van der Waals surface area contributed by atoms with Crippen molar-refractivity contribution in [3.8, 4) is 0 Å². The minimum Gasteiger partial charge on any atom is -0.668 e. The molecule has 0 saturated heterocycles. The second kappa shape index (κ2) is 11.8. The van der Waals surface area contributed by atoms with Gasteiger partial charge in [-0.25, -0.2) is 0 Å². The molecule has 4 rings (SSSR count). The Balaban J connectivity index is 0.000000373. The predicted molar refractivity (Wildman–Crippen MR) is 159 cm³/mol. The molecule has 2 saturated carbocycles. The summed E-state index contributed by atoms with van der Waals surface area (Å²) in [6, 6.07) is 0. The SMILES string of the molecule is C[C]1[C](C)[C](C)[C]([Si](C)(C)[C]2[C]3C=CC=C[C]3[C]3C=CC=C[C]32)[C]1C.C[Si](C)(C)[N-][Si](C)(C)C.[Y+3]. The van der Waals surface area contributed by atoms with Gasteiger partial charge in [0, 0.05) is 23.7 Å². The number of allylic oxidation sites excluding steroid dienone is 8. The van der Waals surface area contributed by atoms with Crippen LogP contribution in [0.1, 0.15) is 27.7 Å². The van der Waals surface area contributed by atoms with Gasteiger partial charge in [-0.3, -0.25) is 0 Å². The van der Waals surface area contributed by atoms with Crippen LogP contribution in [-0.4, -0.2) is 24.5 Å². The first-order valence-corrected chi connectivity index (χ1v) is 22.5. The van der Waals surface area contributed by atoms with Crippen LogP contribution in [0, 0.1) is 58.4 Å². The van der Waals surface area contributed by atoms with Crippen LogP contribution < -0.4 is 0 Å². The van der Waals surface area contributed by atoms with Gasteiger partial charge >= 0.3 is 32.7 Å². The molecule has 0 heterocycles. The van der Waals surface area contributed by atoms with Gasteiger partial charge in [0.15, 0.2) is 0 Å². The Kier molecular flexibility index (Phi) is 10.8. The monoisotopic (exact) mass is 591 g/mol. The van der Waals surface area contributed by atoms with E-state index in [4.69, 9.17) is 4.65 Å². The van der Waals surface area contributed by atoms with Crippen molar-refractivity contribution < 1.29 is 32.7 Å². The van der Waals surface area contributed by atoms with E-state index in [1.165, 1.54) is 47.3 Å². The molecule has 1 nitrogen and oxygen atoms in total. The van der Waals surface area contributed by atoms with Gasteiger partial charge in [-0.05, 0) is 34.8 Å². The molecule has 0 amide bonds. The van der Waals surface area contributed by atoms with Crippen LogP contribution in [0.3, 0.4) is 0 Å². The second-order valence-electron chi connectivity index (χ2n) is 12.4. The first-order valence-electron chi connectivity index (χ1n) is 12.6. The Morgan fingerprint density at radius 2 is 0.771 bits per heavy atom. The Morgan fingerprint density at radius 1 is 0.457 bits per heavy atom. The minimum atomic E-state index is -1.83. The fraction of sp³-hybridized carbons (Fsp3) is 0.400. The third-order valence-electron chi connectivity index (χ3n) is 7.04. The Hall–Kier alpha value is 0.675. The minimum absolute atomic E-state index is 0. The summed E-state index contributed by atoms with van der Waals surface area (Å²) in [5.74, 6) is 11.7. The maximum Gasteiger partial charge on any atom is 3.00 e. The molecular weight excluding hydrogens is 548 g/mol. The zero-order chi connectivity index (χ0) is 25.6. The zero-order valence-corrected chi connectivity index (χ0v) is 30.0. The van der Waals surface area contributed by atoms with Crippen LogP contribution in [-0.2, 0) is 32.7 Å². The fourth-order valence-corrected chi connectivity index (χ4v) is 18.3. The van der Waals surface area contributed by atoms with Crippen molar-refractivity contribution in [2.24, 2.45) is 0 Å². The summed E-state index contributed by atoms with van der Waals surface area (Å²) in [7, 11) is -4.04. The van der Waals surface area contributed by atoms with Crippen LogP contribution >= 0.6 is 0 Å². The average molecular weight is 592 g/mol. The van der Waals surface area contributed by atoms with Crippen molar-refractivity contribution in [3.05, 3.63) is 112 Å². The maximum absolute atomic E-state index is 4.82. The number of hydrogen-bond donors (Lipinski definition) is 0. The van der Waals surface area contributed by atoms with Gasteiger partial charge in [0.25, 0.3) is 0 Å². The first-order chi connectivity index (χ1) is 15.6. The van der Waals surface area contributed by atoms with Gasteiger partial charge in [-0.1, -0.05) is 145 Å². The summed E-state index contributed by atoms with van der Waals surface area (Å²) in [4.78, 5) is 0. The third kappa shape index (κ3) is 7.01. The summed E-state index contributed by atoms with van der Waals surface area (Å²) in [5, 5.41) is 0. The molecule has 4 aliphatic rings. The molecule has 0 bridgehead atoms. The summed E-state index contributed by atoms with van der Waals surface area (Å²) in [6.07, 6.45) is 17.9. The van der Waals surface area contributed by atoms with E-state index in [1.54, 1.807) is 11.1 Å². The topological polar surface area (TPSA) is 14.1 Å². The van der Waals surface area contributed by atoms with Gasteiger partial charge in [-0.15, -0.1) is 0 Å². The average Bonchev–Trinajstić information content (AvgIpc) is 3.14. The Labute approximate surface area is 247 Å². The van der Waals surface area contributed by atoms with Gasteiger partial charge in [0.2, 0.25) is 0 Å². The molecule has 0 spiro atoms. The molecular formula is C30H44NSi3Y+2. The summed E-state index contributed by atoms with van der Waals surface area (Å²) < 4.78 is 4.82. The summed E-state index contributed by atoms with van der Waals surface area (Å²) in [6.45, 7) is 28.1. The van der Waals surface area contributed by atoms with Crippen LogP contribution in [0.4, 0.5) is 0 Å². The van der Waals surface area contributed by atoms with E-state index in [9.17, 15) is 0 Å². The first kappa shape index (κ1) is 31.9. The number of hydrogen-bond acceptors (Lipinski definition) is 0. The van der Waals surface area contributed by atoms with E-state index in [-0.39, 0.29) is 32.7 Å². The maximum atomic E-state index is 4.82. The Bertz CT molecular complexity index is 772. The van der Waals surface area contributed by atoms with Gasteiger partial charge in [-0.2, -0.15) is 0 Å². The van der Waals surface area contributed by atoms with Gasteiger partial charge in [0.1, 0.15) is 0 Å². The third-order valence-corrected chi connectivity index (χ3v) is 16.2. The van der Waals surface area contributed by atoms with Crippen molar-refractivity contribution in [2.75, 3.05) is 0 Å². The molecule has 0 N–H and O–H groups in total. The van der Waals surface area contributed by atoms with E-state index in [0.717, 1.165) is 0 Å². The van der Waals surface area contributed by atoms with Crippen LogP contribution in [0.25, 0.3) is 4.65 Å². The van der Waals surface area contributed by atoms with Gasteiger partial charge < -0.3 is 4.65 Å². The molecule has 182 valence electrons. The Morgan fingerprint density at radius 3 is 1.06 bits per heavy atom. The van der Waals surface area contributed by atoms with Crippen molar-refractivity contribution in [3.63, 3.8) is 0 Å². The van der Waals surface area contributed by atoms with Crippen molar-refractivity contribution in [2.45, 2.75) is 80.1 Å². The van der Waals surface area contributed by atoms with Crippen LogP contribution in [0.15, 0.2) is 48.6 Å². The summed E-state index contributed by atoms with van der Waals surface area (Å²) >= 11 is 0. The normalized spacial score (nSPS) is 24.6. The largest absolute Gasteiger partial charge is 3.00 e. The van der Waals surface area contributed by atoms with E-state index < -0.39 is 24.5 Å². The predicted octanol–water partition coefficient (Wildman–Crippen LogP) is 8.90. The molecule has 0 unspecified atom stereocenters.